The van der Waals surface area contributed by atoms with Gasteiger partial charge in [-0.2, -0.15) is 15.0 Å². The predicted octanol–water partition coefficient (Wildman–Crippen LogP) is 4.25. The van der Waals surface area contributed by atoms with Gasteiger partial charge in [-0.25, -0.2) is 15.0 Å². The fourth-order valence-electron chi connectivity index (χ4n) is 4.30. The summed E-state index contributed by atoms with van der Waals surface area (Å²) in [6, 6.07) is 5.72. The molecule has 0 aliphatic carbocycles. The predicted molar refractivity (Wildman–Crippen MR) is 128 cm³/mol. The monoisotopic (exact) mass is 460 g/mol. The molecule has 0 atom stereocenters. The van der Waals surface area contributed by atoms with Gasteiger partial charge in [0.05, 0.1) is 17.8 Å². The number of methoxy groups -OCH3 is 1. The molecule has 0 saturated carbocycles. The maximum absolute atomic E-state index is 6.47. The summed E-state index contributed by atoms with van der Waals surface area (Å²) in [5.74, 6) is 1.77. The van der Waals surface area contributed by atoms with Crippen molar-refractivity contribution in [2.75, 3.05) is 49.5 Å². The molecule has 10 heteroatoms. The molecule has 3 N–H and O–H groups in total. The van der Waals surface area contributed by atoms with Crippen LogP contribution in [-0.4, -0.2) is 58.3 Å². The zero-order valence-corrected chi connectivity index (χ0v) is 19.5. The van der Waals surface area contributed by atoms with E-state index in [2.05, 4.69) is 25.4 Å². The molecule has 2 aliphatic heterocycles. The third kappa shape index (κ3) is 5.70. The number of ether oxygens (including phenoxy) is 1. The average molecular weight is 461 g/mol. The second-order valence-electron chi connectivity index (χ2n) is 8.33. The minimum Gasteiger partial charge on any atom is -0.495 e. The van der Waals surface area contributed by atoms with Gasteiger partial charge in [0, 0.05) is 26.2 Å². The number of hydrazine groups is 2. The van der Waals surface area contributed by atoms with Crippen LogP contribution in [0.2, 0.25) is 5.02 Å². The first-order valence-electron chi connectivity index (χ1n) is 11.6. The maximum Gasteiger partial charge on any atom is 0.251 e. The van der Waals surface area contributed by atoms with Crippen molar-refractivity contribution in [2.24, 2.45) is 0 Å². The van der Waals surface area contributed by atoms with Crippen LogP contribution in [0.5, 0.6) is 5.75 Å². The van der Waals surface area contributed by atoms with Crippen molar-refractivity contribution >= 4 is 35.1 Å². The van der Waals surface area contributed by atoms with Crippen LogP contribution in [-0.2, 0) is 0 Å². The minimum atomic E-state index is 0.187. The summed E-state index contributed by atoms with van der Waals surface area (Å²) < 4.78 is 5.34. The van der Waals surface area contributed by atoms with E-state index in [1.165, 1.54) is 25.7 Å². The van der Waals surface area contributed by atoms with E-state index < -0.39 is 0 Å². The highest BCUT2D eigenvalue weighted by Crippen LogP contribution is 2.34. The second kappa shape index (κ2) is 11.0. The number of nitrogens with one attached hydrogen (secondary N) is 1. The van der Waals surface area contributed by atoms with Crippen molar-refractivity contribution in [3.8, 4) is 5.75 Å². The highest BCUT2D eigenvalue weighted by molar-refractivity contribution is 6.32. The SMILES string of the molecule is COc1ccc(N(c2nc(N)nc(NN3CCCCCC3)n2)N2CCCCCC2)cc1Cl. The van der Waals surface area contributed by atoms with Crippen LogP contribution < -0.4 is 20.9 Å². The number of nitrogens with zero attached hydrogens (tertiary/aromatic N) is 6. The first-order valence-corrected chi connectivity index (χ1v) is 11.9. The Morgan fingerprint density at radius 3 is 2.22 bits per heavy atom. The smallest absolute Gasteiger partial charge is 0.251 e. The van der Waals surface area contributed by atoms with Crippen LogP contribution in [0.15, 0.2) is 18.2 Å². The standard InChI is InChI=1S/C22H33ClN8O/c1-32-19-11-10-17(16-18(19)23)31(30-14-8-4-5-9-15-30)22-26-20(24)25-21(27-22)28-29-12-6-2-3-7-13-29/h10-11,16H,2-9,12-15H2,1H3,(H3,24,25,26,27,28). The van der Waals surface area contributed by atoms with Crippen LogP contribution in [0, 0.1) is 0 Å². The van der Waals surface area contributed by atoms with Crippen LogP contribution in [0.25, 0.3) is 0 Å². The van der Waals surface area contributed by atoms with E-state index in [0.717, 1.165) is 57.5 Å². The van der Waals surface area contributed by atoms with Gasteiger partial charge < -0.3 is 10.5 Å². The number of hydrogen-bond donors (Lipinski definition) is 2. The lowest BCUT2D eigenvalue weighted by Gasteiger charge is -2.34. The molecule has 0 spiro atoms. The van der Waals surface area contributed by atoms with E-state index in [0.29, 0.717) is 22.7 Å². The quantitative estimate of drug-likeness (QED) is 0.655. The minimum absolute atomic E-state index is 0.187. The lowest BCUT2D eigenvalue weighted by molar-refractivity contribution is 0.284. The molecule has 4 rings (SSSR count). The van der Waals surface area contributed by atoms with Crippen molar-refractivity contribution in [3.05, 3.63) is 23.2 Å². The molecular weight excluding hydrogens is 428 g/mol. The number of rotatable bonds is 6. The number of benzene rings is 1. The van der Waals surface area contributed by atoms with E-state index in [1.54, 1.807) is 7.11 Å². The average Bonchev–Trinajstić information content (AvgIpc) is 3.19. The van der Waals surface area contributed by atoms with E-state index in [-0.39, 0.29) is 5.95 Å². The largest absolute Gasteiger partial charge is 0.495 e. The van der Waals surface area contributed by atoms with Gasteiger partial charge in [-0.3, -0.25) is 5.43 Å². The van der Waals surface area contributed by atoms with Gasteiger partial charge >= 0.3 is 0 Å². The van der Waals surface area contributed by atoms with Crippen molar-refractivity contribution in [3.63, 3.8) is 0 Å². The van der Waals surface area contributed by atoms with Gasteiger partial charge in [-0.15, -0.1) is 0 Å². The molecule has 2 aliphatic rings. The summed E-state index contributed by atoms with van der Waals surface area (Å²) in [5.41, 5.74) is 10.4. The van der Waals surface area contributed by atoms with Crippen LogP contribution in [0.3, 0.4) is 0 Å². The van der Waals surface area contributed by atoms with E-state index in [1.807, 2.05) is 23.2 Å². The molecule has 32 heavy (non-hydrogen) atoms. The number of halogens is 1. The maximum atomic E-state index is 6.47. The lowest BCUT2D eigenvalue weighted by Crippen LogP contribution is -2.41. The molecule has 0 amide bonds. The molecule has 0 bridgehead atoms. The summed E-state index contributed by atoms with van der Waals surface area (Å²) in [5, 5.41) is 7.00. The number of anilines is 4. The molecule has 2 saturated heterocycles. The van der Waals surface area contributed by atoms with E-state index >= 15 is 0 Å². The fraction of sp³-hybridized carbons (Fsp3) is 0.591. The summed E-state index contributed by atoms with van der Waals surface area (Å²) in [6.07, 6.45) is 9.48. The molecule has 2 aromatic rings. The zero-order valence-electron chi connectivity index (χ0n) is 18.8. The highest BCUT2D eigenvalue weighted by atomic mass is 35.5. The number of nitrogens with two attached hydrogens (primary N) is 1. The molecule has 1 aromatic carbocycles. The lowest BCUT2D eigenvalue weighted by atomic mass is 10.2. The van der Waals surface area contributed by atoms with Gasteiger partial charge in [0.25, 0.3) is 5.95 Å². The molecule has 1 aromatic heterocycles. The van der Waals surface area contributed by atoms with Gasteiger partial charge in [0.2, 0.25) is 11.9 Å². The first kappa shape index (κ1) is 22.8. The summed E-state index contributed by atoms with van der Waals surface area (Å²) >= 11 is 6.47. The van der Waals surface area contributed by atoms with Crippen molar-refractivity contribution in [1.29, 1.82) is 0 Å². The van der Waals surface area contributed by atoms with E-state index in [9.17, 15) is 0 Å². The molecule has 174 valence electrons. The third-order valence-corrected chi connectivity index (χ3v) is 6.24. The number of nitrogen functional groups attached to an aromatic ring is 1. The molecule has 3 heterocycles. The third-order valence-electron chi connectivity index (χ3n) is 5.94. The van der Waals surface area contributed by atoms with Crippen molar-refractivity contribution < 1.29 is 4.74 Å². The Morgan fingerprint density at radius 1 is 0.938 bits per heavy atom. The zero-order chi connectivity index (χ0) is 22.3. The number of aromatic nitrogens is 3. The molecular formula is C22H33ClN8O. The van der Waals surface area contributed by atoms with Gasteiger partial charge in [0.15, 0.2) is 0 Å². The highest BCUT2D eigenvalue weighted by Gasteiger charge is 2.24. The Morgan fingerprint density at radius 2 is 1.59 bits per heavy atom. The first-order chi connectivity index (χ1) is 15.6. The molecule has 9 nitrogen and oxygen atoms in total. The molecule has 2 fully saturated rings. The Labute approximate surface area is 194 Å². The second-order valence-corrected chi connectivity index (χ2v) is 8.74. The Balaban J connectivity index is 1.68. The Hall–Kier alpha value is -2.36. The van der Waals surface area contributed by atoms with Gasteiger partial charge in [-0.1, -0.05) is 37.3 Å². The fourth-order valence-corrected chi connectivity index (χ4v) is 4.55. The normalized spacial score (nSPS) is 18.6. The number of hydrogen-bond acceptors (Lipinski definition) is 9. The van der Waals surface area contributed by atoms with Crippen LogP contribution in [0.1, 0.15) is 51.4 Å². The summed E-state index contributed by atoms with van der Waals surface area (Å²) in [4.78, 5) is 13.6. The topological polar surface area (TPSA) is 95.7 Å². The van der Waals surface area contributed by atoms with Crippen LogP contribution >= 0.6 is 11.6 Å². The van der Waals surface area contributed by atoms with Crippen molar-refractivity contribution in [1.82, 2.24) is 25.0 Å². The Bertz CT molecular complexity index is 882. The Kier molecular flexibility index (Phi) is 7.83. The summed E-state index contributed by atoms with van der Waals surface area (Å²) in [7, 11) is 1.61. The van der Waals surface area contributed by atoms with Gasteiger partial charge in [-0.05, 0) is 43.9 Å². The van der Waals surface area contributed by atoms with Crippen LogP contribution in [0.4, 0.5) is 23.5 Å². The molecule has 0 unspecified atom stereocenters. The summed E-state index contributed by atoms with van der Waals surface area (Å²) in [6.45, 7) is 3.74. The van der Waals surface area contributed by atoms with Gasteiger partial charge in [0.1, 0.15) is 5.75 Å². The van der Waals surface area contributed by atoms with E-state index in [4.69, 9.17) is 27.1 Å². The molecule has 0 radical (unpaired) electrons. The van der Waals surface area contributed by atoms with Crippen molar-refractivity contribution in [2.45, 2.75) is 51.4 Å².